The smallest absolute Gasteiger partial charge is 0.223 e. The predicted octanol–water partition coefficient (Wildman–Crippen LogP) is 4.04. The van der Waals surface area contributed by atoms with E-state index in [4.69, 9.17) is 16.3 Å². The van der Waals surface area contributed by atoms with E-state index < -0.39 is 23.1 Å². The number of halogens is 3. The molecule has 2 saturated heterocycles. The molecule has 2 bridgehead atoms. The molecule has 1 aromatic carbocycles. The van der Waals surface area contributed by atoms with Crippen LogP contribution in [-0.4, -0.2) is 30.6 Å². The molecule has 0 radical (unpaired) electrons. The molecule has 3 atom stereocenters. The Kier molecular flexibility index (Phi) is 6.04. The Labute approximate surface area is 179 Å². The van der Waals surface area contributed by atoms with Crippen LogP contribution in [0.2, 0.25) is 5.02 Å². The van der Waals surface area contributed by atoms with Crippen LogP contribution in [0.4, 0.5) is 8.78 Å². The molecule has 2 heterocycles. The van der Waals surface area contributed by atoms with Gasteiger partial charge in [-0.2, -0.15) is 0 Å². The molecule has 5 nitrogen and oxygen atoms in total. The number of rotatable bonds is 5. The second-order valence-corrected chi connectivity index (χ2v) is 9.39. The van der Waals surface area contributed by atoms with Crippen molar-refractivity contribution in [3.63, 3.8) is 0 Å². The minimum atomic E-state index is -0.857. The van der Waals surface area contributed by atoms with Gasteiger partial charge in [0.15, 0.2) is 0 Å². The minimum Gasteiger partial charge on any atom is -0.378 e. The molecule has 164 valence electrons. The SMILES string of the molecule is CC(=O)NC1CC[C@@H](C(=O)N[C@H](c2c(F)ccc(Cl)c2F)C23CCC(CC2)OC3)C1. The number of carbonyl (C=O) groups excluding carboxylic acids is 2. The van der Waals surface area contributed by atoms with Gasteiger partial charge in [-0.15, -0.1) is 0 Å². The van der Waals surface area contributed by atoms with Gasteiger partial charge in [0, 0.05) is 29.9 Å². The standard InChI is InChI=1S/C22H27ClF2N2O3/c1-12(28)26-14-3-2-13(10-14)21(29)27-20(18-17(24)5-4-16(23)19(18)25)22-8-6-15(7-9-22)30-11-22/h4-5,13-15,20H,2-3,6-11H2,1H3,(H,26,28)(H,27,29)/t13-,14?,15?,20-,22?/m1/s1. The van der Waals surface area contributed by atoms with E-state index >= 15 is 4.39 Å². The highest BCUT2D eigenvalue weighted by Gasteiger charge is 2.50. The van der Waals surface area contributed by atoms with Gasteiger partial charge in [0.1, 0.15) is 11.6 Å². The first kappa shape index (κ1) is 21.5. The first-order valence-electron chi connectivity index (χ1n) is 10.6. The van der Waals surface area contributed by atoms with E-state index in [1.807, 2.05) is 0 Å². The summed E-state index contributed by atoms with van der Waals surface area (Å²) in [7, 11) is 0. The fraction of sp³-hybridized carbons (Fsp3) is 0.636. The summed E-state index contributed by atoms with van der Waals surface area (Å²) < 4.78 is 35.7. The van der Waals surface area contributed by atoms with Crippen LogP contribution in [0.15, 0.2) is 12.1 Å². The molecule has 2 saturated carbocycles. The molecule has 4 fully saturated rings. The van der Waals surface area contributed by atoms with Crippen LogP contribution < -0.4 is 10.6 Å². The van der Waals surface area contributed by atoms with E-state index in [1.54, 1.807) is 0 Å². The largest absolute Gasteiger partial charge is 0.378 e. The lowest BCUT2D eigenvalue weighted by Gasteiger charge is -2.50. The van der Waals surface area contributed by atoms with Crippen LogP contribution in [0.1, 0.15) is 63.5 Å². The molecule has 2 aliphatic carbocycles. The van der Waals surface area contributed by atoms with Crippen LogP contribution in [-0.2, 0) is 14.3 Å². The Morgan fingerprint density at radius 2 is 1.93 bits per heavy atom. The Bertz CT molecular complexity index is 828. The molecule has 2 N–H and O–H groups in total. The summed E-state index contributed by atoms with van der Waals surface area (Å²) in [6.07, 6.45) is 5.11. The zero-order valence-electron chi connectivity index (χ0n) is 17.0. The normalized spacial score (nSPS) is 31.4. The number of nitrogens with one attached hydrogen (secondary N) is 2. The van der Waals surface area contributed by atoms with Crippen LogP contribution >= 0.6 is 11.6 Å². The molecule has 0 spiro atoms. The molecule has 1 aromatic rings. The third-order valence-corrected chi connectivity index (χ3v) is 7.30. The number of amides is 2. The number of fused-ring (bicyclic) bond motifs is 3. The maximum absolute atomic E-state index is 15.0. The van der Waals surface area contributed by atoms with Crippen molar-refractivity contribution >= 4 is 23.4 Å². The van der Waals surface area contributed by atoms with Crippen molar-refractivity contribution < 1.29 is 23.1 Å². The van der Waals surface area contributed by atoms with E-state index in [2.05, 4.69) is 10.6 Å². The third-order valence-electron chi connectivity index (χ3n) is 7.01. The lowest BCUT2D eigenvalue weighted by molar-refractivity contribution is -0.141. The zero-order chi connectivity index (χ0) is 21.5. The van der Waals surface area contributed by atoms with Crippen LogP contribution in [0.25, 0.3) is 0 Å². The number of hydrogen-bond donors (Lipinski definition) is 2. The summed E-state index contributed by atoms with van der Waals surface area (Å²) in [6.45, 7) is 1.81. The van der Waals surface area contributed by atoms with Crippen LogP contribution in [0.3, 0.4) is 0 Å². The van der Waals surface area contributed by atoms with Gasteiger partial charge in [-0.1, -0.05) is 11.6 Å². The summed E-state index contributed by atoms with van der Waals surface area (Å²) in [5.74, 6) is -2.23. The van der Waals surface area contributed by atoms with E-state index in [0.717, 1.165) is 31.7 Å². The molecule has 2 amide bonds. The molecule has 0 aromatic heterocycles. The van der Waals surface area contributed by atoms with Crippen molar-refractivity contribution in [3.05, 3.63) is 34.4 Å². The second kappa shape index (κ2) is 8.42. The van der Waals surface area contributed by atoms with E-state index in [0.29, 0.717) is 25.9 Å². The second-order valence-electron chi connectivity index (χ2n) is 8.98. The van der Waals surface area contributed by atoms with Crippen molar-refractivity contribution in [3.8, 4) is 0 Å². The maximum Gasteiger partial charge on any atom is 0.223 e. The highest BCUT2D eigenvalue weighted by Crippen LogP contribution is 2.52. The number of carbonyl (C=O) groups is 2. The summed E-state index contributed by atoms with van der Waals surface area (Å²) in [4.78, 5) is 24.5. The van der Waals surface area contributed by atoms with Gasteiger partial charge in [0.25, 0.3) is 0 Å². The molecule has 5 rings (SSSR count). The van der Waals surface area contributed by atoms with Crippen LogP contribution in [0.5, 0.6) is 0 Å². The Hall–Kier alpha value is -1.73. The predicted molar refractivity (Wildman–Crippen MR) is 108 cm³/mol. The quantitative estimate of drug-likeness (QED) is 0.679. The van der Waals surface area contributed by atoms with Gasteiger partial charge >= 0.3 is 0 Å². The van der Waals surface area contributed by atoms with Crippen molar-refractivity contribution in [2.45, 2.75) is 70.1 Å². The number of ether oxygens (including phenoxy) is 1. The molecule has 2 aliphatic heterocycles. The molecular weight excluding hydrogens is 414 g/mol. The average molecular weight is 441 g/mol. The van der Waals surface area contributed by atoms with Gasteiger partial charge in [-0.05, 0) is 57.1 Å². The molecule has 4 aliphatic rings. The first-order valence-corrected chi connectivity index (χ1v) is 11.0. The van der Waals surface area contributed by atoms with Gasteiger partial charge < -0.3 is 15.4 Å². The summed E-state index contributed by atoms with van der Waals surface area (Å²) in [5, 5.41) is 5.66. The van der Waals surface area contributed by atoms with Crippen molar-refractivity contribution in [2.75, 3.05) is 6.61 Å². The number of benzene rings is 1. The Balaban J connectivity index is 1.61. The first-order chi connectivity index (χ1) is 14.3. The fourth-order valence-electron chi connectivity index (χ4n) is 5.37. The summed E-state index contributed by atoms with van der Waals surface area (Å²) in [5.41, 5.74) is -0.747. The van der Waals surface area contributed by atoms with E-state index in [9.17, 15) is 14.0 Å². The average Bonchev–Trinajstić information content (AvgIpc) is 3.19. The van der Waals surface area contributed by atoms with Crippen LogP contribution in [0, 0.1) is 23.0 Å². The van der Waals surface area contributed by atoms with Gasteiger partial charge in [-0.25, -0.2) is 8.78 Å². The molecular formula is C22H27ClF2N2O3. The summed E-state index contributed by atoms with van der Waals surface area (Å²) >= 11 is 5.97. The highest BCUT2D eigenvalue weighted by atomic mass is 35.5. The monoisotopic (exact) mass is 440 g/mol. The molecule has 30 heavy (non-hydrogen) atoms. The minimum absolute atomic E-state index is 0.0528. The molecule has 1 unspecified atom stereocenters. The van der Waals surface area contributed by atoms with Crippen molar-refractivity contribution in [2.24, 2.45) is 11.3 Å². The lowest BCUT2D eigenvalue weighted by Crippen LogP contribution is -2.52. The summed E-state index contributed by atoms with van der Waals surface area (Å²) in [6, 6.07) is 1.43. The molecule has 8 heteroatoms. The van der Waals surface area contributed by atoms with Gasteiger partial charge in [-0.3, -0.25) is 9.59 Å². The third kappa shape index (κ3) is 4.06. The maximum atomic E-state index is 15.0. The highest BCUT2D eigenvalue weighted by molar-refractivity contribution is 6.30. The van der Waals surface area contributed by atoms with Gasteiger partial charge in [0.05, 0.1) is 23.8 Å². The van der Waals surface area contributed by atoms with Gasteiger partial charge in [0.2, 0.25) is 11.8 Å². The van der Waals surface area contributed by atoms with Crippen molar-refractivity contribution in [1.29, 1.82) is 0 Å². The van der Waals surface area contributed by atoms with Crippen molar-refractivity contribution in [1.82, 2.24) is 10.6 Å². The fourth-order valence-corrected chi connectivity index (χ4v) is 5.53. The van der Waals surface area contributed by atoms with E-state index in [-0.39, 0.29) is 40.5 Å². The topological polar surface area (TPSA) is 67.4 Å². The Morgan fingerprint density at radius 1 is 1.20 bits per heavy atom. The lowest BCUT2D eigenvalue weighted by atomic mass is 9.65. The van der Waals surface area contributed by atoms with E-state index in [1.165, 1.54) is 13.0 Å². The Morgan fingerprint density at radius 3 is 2.57 bits per heavy atom. The number of hydrogen-bond acceptors (Lipinski definition) is 3. The zero-order valence-corrected chi connectivity index (χ0v) is 17.7.